The van der Waals surface area contributed by atoms with Crippen LogP contribution in [0.3, 0.4) is 0 Å². The maximum atomic E-state index is 15.5. The van der Waals surface area contributed by atoms with E-state index in [1.807, 2.05) is 48.5 Å². The van der Waals surface area contributed by atoms with Gasteiger partial charge in [-0.1, -0.05) is 81.1 Å². The van der Waals surface area contributed by atoms with Crippen LogP contribution < -0.4 is 5.69 Å². The molecule has 2 aromatic carbocycles. The van der Waals surface area contributed by atoms with E-state index in [4.69, 9.17) is 0 Å². The number of nitrogens with zero attached hydrogens (tertiary/aromatic N) is 5. The van der Waals surface area contributed by atoms with Crippen LogP contribution in [0.2, 0.25) is 0 Å². The Kier molecular flexibility index (Phi) is 7.39. The molecule has 188 valence electrons. The Balaban J connectivity index is 1.42. The lowest BCUT2D eigenvalue weighted by Crippen LogP contribution is -2.29. The number of hydrogen-bond donors (Lipinski definition) is 1. The number of rotatable bonds is 9. The van der Waals surface area contributed by atoms with Crippen molar-refractivity contribution in [3.05, 3.63) is 76.2 Å². The molecule has 0 atom stereocenters. The van der Waals surface area contributed by atoms with Crippen molar-refractivity contribution in [3.8, 4) is 22.5 Å². The number of aromatic amines is 1. The van der Waals surface area contributed by atoms with Crippen LogP contribution >= 0.6 is 0 Å². The molecule has 1 aliphatic carbocycles. The Morgan fingerprint density at radius 1 is 1.00 bits per heavy atom. The van der Waals surface area contributed by atoms with E-state index in [1.165, 1.54) is 23.8 Å². The molecule has 7 nitrogen and oxygen atoms in total. The third-order valence-corrected chi connectivity index (χ3v) is 7.31. The van der Waals surface area contributed by atoms with Crippen LogP contribution in [0.5, 0.6) is 0 Å². The van der Waals surface area contributed by atoms with Crippen molar-refractivity contribution >= 4 is 0 Å². The Labute approximate surface area is 210 Å². The number of nitrogens with one attached hydrogen (secondary N) is 1. The van der Waals surface area contributed by atoms with Crippen molar-refractivity contribution in [2.24, 2.45) is 5.92 Å². The highest BCUT2D eigenvalue weighted by atomic mass is 19.1. The molecule has 0 radical (unpaired) electrons. The maximum absolute atomic E-state index is 15.5. The van der Waals surface area contributed by atoms with Crippen LogP contribution in [0.4, 0.5) is 4.39 Å². The van der Waals surface area contributed by atoms with Gasteiger partial charge in [0.15, 0.2) is 0 Å². The van der Waals surface area contributed by atoms with Crippen molar-refractivity contribution < 1.29 is 4.39 Å². The molecule has 1 fully saturated rings. The second-order valence-electron chi connectivity index (χ2n) is 9.80. The number of benzene rings is 2. The second kappa shape index (κ2) is 11.0. The van der Waals surface area contributed by atoms with E-state index in [0.717, 1.165) is 47.9 Å². The fourth-order valence-corrected chi connectivity index (χ4v) is 5.32. The summed E-state index contributed by atoms with van der Waals surface area (Å²) in [4.78, 5) is 13.4. The van der Waals surface area contributed by atoms with Crippen LogP contribution in [0.1, 0.15) is 63.1 Å². The van der Waals surface area contributed by atoms with E-state index in [1.54, 1.807) is 4.57 Å². The summed E-state index contributed by atoms with van der Waals surface area (Å²) in [7, 11) is 0. The van der Waals surface area contributed by atoms with Gasteiger partial charge in [0, 0.05) is 12.1 Å². The van der Waals surface area contributed by atoms with Gasteiger partial charge in [0.2, 0.25) is 11.8 Å². The van der Waals surface area contributed by atoms with Gasteiger partial charge in [0.1, 0.15) is 0 Å². The molecule has 0 unspecified atom stereocenters. The van der Waals surface area contributed by atoms with E-state index in [0.29, 0.717) is 36.9 Å². The molecule has 0 spiro atoms. The highest BCUT2D eigenvalue weighted by molar-refractivity contribution is 5.80. The molecule has 2 aromatic heterocycles. The summed E-state index contributed by atoms with van der Waals surface area (Å²) < 4.78 is 18.6. The van der Waals surface area contributed by atoms with Crippen LogP contribution in [0, 0.1) is 11.9 Å². The first-order valence-electron chi connectivity index (χ1n) is 13.1. The summed E-state index contributed by atoms with van der Waals surface area (Å²) in [5.74, 6) is 0.584. The minimum Gasteiger partial charge on any atom is -0.289 e. The van der Waals surface area contributed by atoms with Crippen molar-refractivity contribution in [2.45, 2.75) is 71.4 Å². The zero-order chi connectivity index (χ0) is 24.9. The molecule has 8 heteroatoms. The van der Waals surface area contributed by atoms with Crippen LogP contribution in [-0.4, -0.2) is 29.8 Å². The van der Waals surface area contributed by atoms with Crippen molar-refractivity contribution in [1.82, 2.24) is 29.8 Å². The average Bonchev–Trinajstić information content (AvgIpc) is 3.53. The second-order valence-corrected chi connectivity index (χ2v) is 9.80. The first kappa shape index (κ1) is 24.2. The summed E-state index contributed by atoms with van der Waals surface area (Å²) in [6, 6.07) is 16.0. The maximum Gasteiger partial charge on any atom is 0.330 e. The quantitative estimate of drug-likeness (QED) is 0.332. The largest absolute Gasteiger partial charge is 0.330 e. The minimum atomic E-state index is -0.343. The smallest absolute Gasteiger partial charge is 0.289 e. The van der Waals surface area contributed by atoms with Gasteiger partial charge in [-0.25, -0.2) is 4.79 Å². The van der Waals surface area contributed by atoms with Crippen molar-refractivity contribution in [3.63, 3.8) is 0 Å². The lowest BCUT2D eigenvalue weighted by molar-refractivity contribution is 0.299. The Morgan fingerprint density at radius 3 is 2.44 bits per heavy atom. The van der Waals surface area contributed by atoms with Crippen LogP contribution in [-0.2, 0) is 19.5 Å². The third-order valence-electron chi connectivity index (χ3n) is 7.31. The molecule has 2 heterocycles. The van der Waals surface area contributed by atoms with Crippen LogP contribution in [0.15, 0.2) is 53.3 Å². The van der Waals surface area contributed by atoms with Crippen LogP contribution in [0.25, 0.3) is 22.5 Å². The van der Waals surface area contributed by atoms with Gasteiger partial charge in [0.05, 0.1) is 12.2 Å². The van der Waals surface area contributed by atoms with E-state index >= 15 is 4.39 Å². The topological polar surface area (TPSA) is 81.4 Å². The van der Waals surface area contributed by atoms with Gasteiger partial charge in [-0.15, -0.1) is 10.2 Å². The van der Waals surface area contributed by atoms with Gasteiger partial charge >= 0.3 is 5.69 Å². The summed E-state index contributed by atoms with van der Waals surface area (Å²) in [5, 5.41) is 14.4. The summed E-state index contributed by atoms with van der Waals surface area (Å²) in [6.45, 7) is 2.94. The minimum absolute atomic E-state index is 0.226. The lowest BCUT2D eigenvalue weighted by atomic mass is 9.89. The van der Waals surface area contributed by atoms with Gasteiger partial charge in [-0.2, -0.15) is 9.60 Å². The van der Waals surface area contributed by atoms with Crippen molar-refractivity contribution in [1.29, 1.82) is 0 Å². The first-order valence-corrected chi connectivity index (χ1v) is 13.1. The molecule has 1 N–H and O–H groups in total. The Hall–Kier alpha value is -3.55. The molecular weight excluding hydrogens is 455 g/mol. The molecule has 1 aliphatic rings. The first-order chi connectivity index (χ1) is 17.7. The number of tetrazole rings is 1. The van der Waals surface area contributed by atoms with Gasteiger partial charge in [-0.05, 0) is 53.5 Å². The third kappa shape index (κ3) is 5.03. The fraction of sp³-hybridized carbons (Fsp3) is 0.429. The zero-order valence-electron chi connectivity index (χ0n) is 20.8. The number of H-pyrrole nitrogens is 1. The van der Waals surface area contributed by atoms with E-state index in [-0.39, 0.29) is 11.6 Å². The molecule has 0 saturated heterocycles. The monoisotopic (exact) mass is 488 g/mol. The predicted octanol–water partition coefficient (Wildman–Crippen LogP) is 5.61. The normalized spacial score (nSPS) is 14.4. The van der Waals surface area contributed by atoms with Gasteiger partial charge in [0.25, 0.3) is 0 Å². The number of aromatic nitrogens is 6. The molecule has 36 heavy (non-hydrogen) atoms. The van der Waals surface area contributed by atoms with Gasteiger partial charge < -0.3 is 0 Å². The van der Waals surface area contributed by atoms with E-state index in [2.05, 4.69) is 27.5 Å². The standard InChI is InChI=1S/C28H33FN6O/c1-2-3-13-25-26(29)35(19-20-9-5-4-6-10-20)28(36)34(25)18-21-14-16-22(17-15-21)23-11-7-8-12-24(23)27-30-32-33-31-27/h7-8,11-12,14-17,20H,2-6,9-10,13,18-19H2,1H3,(H,30,31,32,33). The predicted molar refractivity (Wildman–Crippen MR) is 138 cm³/mol. The van der Waals surface area contributed by atoms with E-state index < -0.39 is 0 Å². The summed E-state index contributed by atoms with van der Waals surface area (Å²) >= 11 is 0. The zero-order valence-corrected chi connectivity index (χ0v) is 20.8. The number of halogens is 1. The average molecular weight is 489 g/mol. The molecule has 5 rings (SSSR count). The number of hydrogen-bond acceptors (Lipinski definition) is 4. The van der Waals surface area contributed by atoms with Gasteiger partial charge in [-0.3, -0.25) is 9.13 Å². The highest BCUT2D eigenvalue weighted by Gasteiger charge is 2.23. The number of unbranched alkanes of at least 4 members (excludes halogenated alkanes) is 1. The SMILES string of the molecule is CCCCc1c(F)n(CC2CCCCC2)c(=O)n1Cc1ccc(-c2ccccc2-c2nn[nH]n2)cc1. The molecule has 4 aromatic rings. The summed E-state index contributed by atoms with van der Waals surface area (Å²) in [6.07, 6.45) is 8.13. The van der Waals surface area contributed by atoms with Crippen molar-refractivity contribution in [2.75, 3.05) is 0 Å². The molecular formula is C28H33FN6O. The Bertz CT molecular complexity index is 1330. The molecule has 1 saturated carbocycles. The molecule has 0 aliphatic heterocycles. The molecule has 0 amide bonds. The Morgan fingerprint density at radius 2 is 1.75 bits per heavy atom. The lowest BCUT2D eigenvalue weighted by Gasteiger charge is -2.21. The summed E-state index contributed by atoms with van der Waals surface area (Å²) in [5.41, 5.74) is 4.17. The highest BCUT2D eigenvalue weighted by Crippen LogP contribution is 2.30. The van der Waals surface area contributed by atoms with E-state index in [9.17, 15) is 4.79 Å². The number of imidazole rings is 1. The molecule has 0 bridgehead atoms. The fourth-order valence-electron chi connectivity index (χ4n) is 5.32.